The molecule has 1 aromatic rings. The number of carboxylic acids is 2. The molecule has 0 unspecified atom stereocenters. The molecule has 30 heavy (non-hydrogen) atoms. The topological polar surface area (TPSA) is 188 Å². The van der Waals surface area contributed by atoms with Gasteiger partial charge in [-0.1, -0.05) is 30.3 Å². The van der Waals surface area contributed by atoms with Crippen molar-refractivity contribution < 1.29 is 34.2 Å². The Morgan fingerprint density at radius 1 is 0.933 bits per heavy atom. The van der Waals surface area contributed by atoms with E-state index >= 15 is 0 Å². The minimum atomic E-state index is -1.29. The molecular weight excluding hydrogens is 396 g/mol. The molecular formula is C19H26N4O7. The van der Waals surface area contributed by atoms with Crippen LogP contribution in [0.2, 0.25) is 0 Å². The predicted octanol–water partition coefficient (Wildman–Crippen LogP) is -1.39. The number of hydrogen-bond acceptors (Lipinski definition) is 6. The molecule has 0 fully saturated rings. The molecule has 0 saturated carbocycles. The normalized spacial score (nSPS) is 13.4. The van der Waals surface area contributed by atoms with Crippen LogP contribution in [0.3, 0.4) is 0 Å². The Hall–Kier alpha value is -3.47. The molecule has 0 bridgehead atoms. The van der Waals surface area contributed by atoms with E-state index in [0.717, 1.165) is 5.56 Å². The van der Waals surface area contributed by atoms with Gasteiger partial charge in [0.15, 0.2) is 0 Å². The van der Waals surface area contributed by atoms with Crippen molar-refractivity contribution in [2.45, 2.75) is 44.3 Å². The van der Waals surface area contributed by atoms with Gasteiger partial charge in [-0.25, -0.2) is 0 Å². The SMILES string of the molecule is C[C@H](NC(=O)[C@@H](N)Cc1ccccc1)C(=O)N[C@@H](CCC(=O)O)C(=O)NCC(=O)O. The third-order valence-electron chi connectivity index (χ3n) is 4.08. The quantitative estimate of drug-likeness (QED) is 0.237. The first-order valence-corrected chi connectivity index (χ1v) is 9.21. The van der Waals surface area contributed by atoms with Gasteiger partial charge >= 0.3 is 11.9 Å². The van der Waals surface area contributed by atoms with E-state index in [-0.39, 0.29) is 12.8 Å². The van der Waals surface area contributed by atoms with E-state index < -0.39 is 60.8 Å². The number of carbonyl (C=O) groups is 5. The molecule has 3 atom stereocenters. The Morgan fingerprint density at radius 3 is 2.13 bits per heavy atom. The lowest BCUT2D eigenvalue weighted by atomic mass is 10.1. The van der Waals surface area contributed by atoms with Gasteiger partial charge in [0, 0.05) is 6.42 Å². The Balaban J connectivity index is 2.65. The van der Waals surface area contributed by atoms with Crippen LogP contribution < -0.4 is 21.7 Å². The summed E-state index contributed by atoms with van der Waals surface area (Å²) in [6, 6.07) is 5.84. The first kappa shape index (κ1) is 24.6. The summed E-state index contributed by atoms with van der Waals surface area (Å²) in [4.78, 5) is 58.0. The van der Waals surface area contributed by atoms with E-state index in [2.05, 4.69) is 16.0 Å². The smallest absolute Gasteiger partial charge is 0.322 e. The third-order valence-corrected chi connectivity index (χ3v) is 4.08. The molecule has 1 rings (SSSR count). The van der Waals surface area contributed by atoms with Crippen LogP contribution in [0.15, 0.2) is 30.3 Å². The summed E-state index contributed by atoms with van der Waals surface area (Å²) in [5.41, 5.74) is 6.72. The highest BCUT2D eigenvalue weighted by molar-refractivity contribution is 5.93. The van der Waals surface area contributed by atoms with Gasteiger partial charge in [0.1, 0.15) is 18.6 Å². The molecule has 7 N–H and O–H groups in total. The number of carboxylic acid groups (broad SMARTS) is 2. The molecule has 0 aliphatic carbocycles. The molecule has 0 spiro atoms. The molecule has 3 amide bonds. The number of benzene rings is 1. The van der Waals surface area contributed by atoms with Gasteiger partial charge in [0.05, 0.1) is 6.04 Å². The third kappa shape index (κ3) is 9.15. The number of hydrogen-bond donors (Lipinski definition) is 6. The average molecular weight is 422 g/mol. The van der Waals surface area contributed by atoms with Crippen LogP contribution in [-0.4, -0.2) is 64.5 Å². The number of aliphatic carboxylic acids is 2. The van der Waals surface area contributed by atoms with Crippen molar-refractivity contribution in [1.29, 1.82) is 0 Å². The number of nitrogens with one attached hydrogen (secondary N) is 3. The van der Waals surface area contributed by atoms with E-state index in [0.29, 0.717) is 0 Å². The number of amides is 3. The lowest BCUT2D eigenvalue weighted by molar-refractivity contribution is -0.140. The molecule has 11 nitrogen and oxygen atoms in total. The second-order valence-electron chi connectivity index (χ2n) is 6.63. The summed E-state index contributed by atoms with van der Waals surface area (Å²) < 4.78 is 0. The molecule has 1 aromatic carbocycles. The zero-order valence-corrected chi connectivity index (χ0v) is 16.5. The standard InChI is InChI=1S/C19H26N4O7/c1-11(22-18(29)13(20)9-12-5-3-2-4-6-12)17(28)23-14(7-8-15(24)25)19(30)21-10-16(26)27/h2-6,11,13-14H,7-10,20H2,1H3,(H,21,30)(H,22,29)(H,23,28)(H,24,25)(H,26,27)/t11-,13-,14-/m0/s1. The lowest BCUT2D eigenvalue weighted by Gasteiger charge is -2.21. The summed E-state index contributed by atoms with van der Waals surface area (Å²) >= 11 is 0. The van der Waals surface area contributed by atoms with Crippen molar-refractivity contribution >= 4 is 29.7 Å². The van der Waals surface area contributed by atoms with Crippen molar-refractivity contribution in [1.82, 2.24) is 16.0 Å². The second-order valence-corrected chi connectivity index (χ2v) is 6.63. The first-order chi connectivity index (χ1) is 14.1. The molecule has 0 saturated heterocycles. The second kappa shape index (κ2) is 12.2. The van der Waals surface area contributed by atoms with Gasteiger partial charge in [-0.15, -0.1) is 0 Å². The van der Waals surface area contributed by atoms with Crippen LogP contribution in [0.5, 0.6) is 0 Å². The average Bonchev–Trinajstić information content (AvgIpc) is 2.69. The molecule has 0 aliphatic heterocycles. The van der Waals surface area contributed by atoms with Gasteiger partial charge in [-0.2, -0.15) is 0 Å². The fourth-order valence-corrected chi connectivity index (χ4v) is 2.47. The Morgan fingerprint density at radius 2 is 1.57 bits per heavy atom. The highest BCUT2D eigenvalue weighted by Crippen LogP contribution is 2.03. The van der Waals surface area contributed by atoms with Crippen molar-refractivity contribution in [3.63, 3.8) is 0 Å². The fourth-order valence-electron chi connectivity index (χ4n) is 2.47. The molecule has 0 aromatic heterocycles. The number of carbonyl (C=O) groups excluding carboxylic acids is 3. The fraction of sp³-hybridized carbons (Fsp3) is 0.421. The van der Waals surface area contributed by atoms with Crippen LogP contribution >= 0.6 is 0 Å². The van der Waals surface area contributed by atoms with E-state index in [1.807, 2.05) is 30.3 Å². The van der Waals surface area contributed by atoms with Crippen LogP contribution in [0.4, 0.5) is 0 Å². The maximum absolute atomic E-state index is 12.3. The Bertz CT molecular complexity index is 769. The van der Waals surface area contributed by atoms with Crippen LogP contribution in [0, 0.1) is 0 Å². The highest BCUT2D eigenvalue weighted by atomic mass is 16.4. The van der Waals surface area contributed by atoms with Gasteiger partial charge in [0.25, 0.3) is 0 Å². The van der Waals surface area contributed by atoms with E-state index in [4.69, 9.17) is 15.9 Å². The van der Waals surface area contributed by atoms with E-state index in [9.17, 15) is 24.0 Å². The van der Waals surface area contributed by atoms with Crippen LogP contribution in [0.25, 0.3) is 0 Å². The van der Waals surface area contributed by atoms with Crippen molar-refractivity contribution in [3.8, 4) is 0 Å². The van der Waals surface area contributed by atoms with Crippen molar-refractivity contribution in [2.24, 2.45) is 5.73 Å². The number of nitrogens with two attached hydrogens (primary N) is 1. The van der Waals surface area contributed by atoms with E-state index in [1.54, 1.807) is 0 Å². The zero-order valence-electron chi connectivity index (χ0n) is 16.5. The van der Waals surface area contributed by atoms with Crippen LogP contribution in [-0.2, 0) is 30.4 Å². The summed E-state index contributed by atoms with van der Waals surface area (Å²) in [5, 5.41) is 24.3. The minimum Gasteiger partial charge on any atom is -0.481 e. The maximum Gasteiger partial charge on any atom is 0.322 e. The molecule has 0 heterocycles. The van der Waals surface area contributed by atoms with E-state index in [1.165, 1.54) is 6.92 Å². The van der Waals surface area contributed by atoms with Gasteiger partial charge in [0.2, 0.25) is 17.7 Å². The largest absolute Gasteiger partial charge is 0.481 e. The summed E-state index contributed by atoms with van der Waals surface area (Å²) in [6.07, 6.45) is -0.408. The first-order valence-electron chi connectivity index (χ1n) is 9.21. The minimum absolute atomic E-state index is 0.249. The number of rotatable bonds is 12. The zero-order chi connectivity index (χ0) is 22.7. The molecule has 11 heteroatoms. The summed E-state index contributed by atoms with van der Waals surface area (Å²) in [7, 11) is 0. The van der Waals surface area contributed by atoms with Crippen molar-refractivity contribution in [3.05, 3.63) is 35.9 Å². The molecule has 164 valence electrons. The molecule has 0 aliphatic rings. The van der Waals surface area contributed by atoms with Gasteiger partial charge in [-0.3, -0.25) is 24.0 Å². The molecule has 0 radical (unpaired) electrons. The lowest BCUT2D eigenvalue weighted by Crippen LogP contribution is -2.55. The maximum atomic E-state index is 12.3. The van der Waals surface area contributed by atoms with Crippen LogP contribution in [0.1, 0.15) is 25.3 Å². The Labute approximate surface area is 173 Å². The van der Waals surface area contributed by atoms with Gasteiger partial charge in [-0.05, 0) is 25.3 Å². The van der Waals surface area contributed by atoms with Gasteiger partial charge < -0.3 is 31.9 Å². The summed E-state index contributed by atoms with van der Waals surface area (Å²) in [6.45, 7) is 0.699. The summed E-state index contributed by atoms with van der Waals surface area (Å²) in [5.74, 6) is -4.63. The van der Waals surface area contributed by atoms with Crippen molar-refractivity contribution in [2.75, 3.05) is 6.54 Å². The highest BCUT2D eigenvalue weighted by Gasteiger charge is 2.26. The Kier molecular flexibility index (Phi) is 9.97. The monoisotopic (exact) mass is 422 g/mol. The predicted molar refractivity (Wildman–Crippen MR) is 105 cm³/mol.